The van der Waals surface area contributed by atoms with Crippen LogP contribution in [0.4, 0.5) is 0 Å². The maximum atomic E-state index is 11.7. The van der Waals surface area contributed by atoms with Crippen LogP contribution in [0.2, 0.25) is 0 Å². The number of rotatable bonds is 1. The number of hydrogen-bond donors (Lipinski definition) is 0. The number of amides is 2. The maximum absolute atomic E-state index is 11.7. The lowest BCUT2D eigenvalue weighted by Crippen LogP contribution is -2.29. The molecule has 4 nitrogen and oxygen atoms in total. The number of nitrogens with zero attached hydrogens (tertiary/aromatic N) is 2. The van der Waals surface area contributed by atoms with Crippen LogP contribution in [-0.4, -0.2) is 23.3 Å². The number of carbonyl (C=O) groups is 2. The molecule has 2 amide bonds. The van der Waals surface area contributed by atoms with E-state index < -0.39 is 11.8 Å². The summed E-state index contributed by atoms with van der Waals surface area (Å²) in [4.78, 5) is 24.3. The van der Waals surface area contributed by atoms with Crippen LogP contribution in [0.3, 0.4) is 0 Å². The average Bonchev–Trinajstić information content (AvgIpc) is 2.44. The van der Waals surface area contributed by atoms with Crippen LogP contribution in [0.1, 0.15) is 20.7 Å². The normalized spacial score (nSPS) is 14.0. The molecule has 15 heavy (non-hydrogen) atoms. The van der Waals surface area contributed by atoms with E-state index in [4.69, 9.17) is 5.26 Å². The van der Waals surface area contributed by atoms with Crippen LogP contribution in [0.25, 0.3) is 0 Å². The number of hydrogen-bond acceptors (Lipinski definition) is 3. The maximum Gasteiger partial charge on any atom is 0.262 e. The summed E-state index contributed by atoms with van der Waals surface area (Å²) in [7, 11) is 0. The third kappa shape index (κ3) is 1.43. The van der Waals surface area contributed by atoms with E-state index in [1.807, 2.05) is 0 Å². The Bertz CT molecular complexity index is 505. The van der Waals surface area contributed by atoms with Gasteiger partial charge in [0.05, 0.1) is 17.2 Å². The van der Waals surface area contributed by atoms with Crippen LogP contribution >= 0.6 is 15.9 Å². The summed E-state index contributed by atoms with van der Waals surface area (Å²) in [5, 5.41) is 8.49. The van der Waals surface area contributed by atoms with E-state index in [9.17, 15) is 9.59 Å². The molecule has 0 fully saturated rings. The van der Waals surface area contributed by atoms with Gasteiger partial charge in [0, 0.05) is 4.47 Å². The Morgan fingerprint density at radius 3 is 2.60 bits per heavy atom. The minimum absolute atomic E-state index is 0.204. The first kappa shape index (κ1) is 9.87. The van der Waals surface area contributed by atoms with Crippen LogP contribution in [-0.2, 0) is 0 Å². The summed E-state index contributed by atoms with van der Waals surface area (Å²) in [5.74, 6) is -0.804. The molecule has 1 aromatic carbocycles. The predicted molar refractivity (Wildman–Crippen MR) is 55.1 cm³/mol. The van der Waals surface area contributed by atoms with Gasteiger partial charge in [0.2, 0.25) is 0 Å². The Balaban J connectivity index is 2.52. The molecular weight excluding hydrogens is 260 g/mol. The number of halogens is 1. The minimum atomic E-state index is -0.405. The SMILES string of the molecule is N#CCN1C(=O)c2ccc(Br)cc2C1=O. The minimum Gasteiger partial charge on any atom is -0.269 e. The van der Waals surface area contributed by atoms with Gasteiger partial charge in [-0.3, -0.25) is 14.5 Å². The molecule has 1 heterocycles. The molecule has 5 heteroatoms. The van der Waals surface area contributed by atoms with Gasteiger partial charge < -0.3 is 0 Å². The Hall–Kier alpha value is -1.67. The number of nitriles is 1. The molecule has 0 bridgehead atoms. The van der Waals surface area contributed by atoms with Crippen molar-refractivity contribution >= 4 is 27.7 Å². The molecule has 1 aliphatic heterocycles. The molecule has 0 N–H and O–H groups in total. The van der Waals surface area contributed by atoms with Crippen molar-refractivity contribution in [2.75, 3.05) is 6.54 Å². The molecule has 0 spiro atoms. The molecule has 0 atom stereocenters. The molecule has 1 aromatic rings. The van der Waals surface area contributed by atoms with Crippen molar-refractivity contribution in [1.29, 1.82) is 5.26 Å². The summed E-state index contributed by atoms with van der Waals surface area (Å²) < 4.78 is 0.737. The van der Waals surface area contributed by atoms with Crippen molar-refractivity contribution in [3.63, 3.8) is 0 Å². The van der Waals surface area contributed by atoms with Crippen molar-refractivity contribution in [1.82, 2.24) is 4.90 Å². The predicted octanol–water partition coefficient (Wildman–Crippen LogP) is 1.57. The van der Waals surface area contributed by atoms with Gasteiger partial charge in [0.1, 0.15) is 6.54 Å². The first-order valence-electron chi connectivity index (χ1n) is 4.18. The van der Waals surface area contributed by atoms with Crippen molar-refractivity contribution in [3.8, 4) is 6.07 Å². The molecule has 0 radical (unpaired) electrons. The summed E-state index contributed by atoms with van der Waals surface area (Å²) in [6, 6.07) is 6.66. The van der Waals surface area contributed by atoms with Gasteiger partial charge in [-0.15, -0.1) is 0 Å². The van der Waals surface area contributed by atoms with Gasteiger partial charge in [-0.1, -0.05) is 15.9 Å². The summed E-state index contributed by atoms with van der Waals surface area (Å²) >= 11 is 3.22. The molecule has 0 unspecified atom stereocenters. The highest BCUT2D eigenvalue weighted by Crippen LogP contribution is 2.25. The Morgan fingerprint density at radius 2 is 1.93 bits per heavy atom. The number of benzene rings is 1. The molecule has 0 saturated heterocycles. The highest BCUT2D eigenvalue weighted by Gasteiger charge is 2.35. The molecule has 2 rings (SSSR count). The summed E-state index contributed by atoms with van der Waals surface area (Å²) in [5.41, 5.74) is 0.711. The van der Waals surface area contributed by atoms with E-state index >= 15 is 0 Å². The third-order valence-electron chi connectivity index (χ3n) is 2.16. The van der Waals surface area contributed by atoms with Gasteiger partial charge in [0.25, 0.3) is 11.8 Å². The zero-order valence-corrected chi connectivity index (χ0v) is 9.11. The van der Waals surface area contributed by atoms with Crippen LogP contribution in [0.15, 0.2) is 22.7 Å². The number of fused-ring (bicyclic) bond motifs is 1. The highest BCUT2D eigenvalue weighted by molar-refractivity contribution is 9.10. The average molecular weight is 265 g/mol. The Kier molecular flexibility index (Phi) is 2.29. The summed E-state index contributed by atoms with van der Waals surface area (Å²) in [6.07, 6.45) is 0. The zero-order valence-electron chi connectivity index (χ0n) is 7.53. The van der Waals surface area contributed by atoms with E-state index in [1.54, 1.807) is 24.3 Å². The van der Waals surface area contributed by atoms with Crippen molar-refractivity contribution in [2.24, 2.45) is 0 Å². The molecule has 0 aromatic heterocycles. The largest absolute Gasteiger partial charge is 0.269 e. The fraction of sp³-hybridized carbons (Fsp3) is 0.100. The monoisotopic (exact) mass is 264 g/mol. The van der Waals surface area contributed by atoms with E-state index in [0.717, 1.165) is 9.37 Å². The number of carbonyl (C=O) groups excluding carboxylic acids is 2. The molecule has 1 aliphatic rings. The van der Waals surface area contributed by atoms with Gasteiger partial charge in [-0.25, -0.2) is 0 Å². The zero-order chi connectivity index (χ0) is 11.0. The van der Waals surface area contributed by atoms with Gasteiger partial charge in [0.15, 0.2) is 0 Å². The standard InChI is InChI=1S/C10H5BrN2O2/c11-6-1-2-7-8(5-6)10(15)13(4-3-12)9(7)14/h1-2,5H,4H2. The fourth-order valence-corrected chi connectivity index (χ4v) is 1.84. The smallest absolute Gasteiger partial charge is 0.262 e. The topological polar surface area (TPSA) is 61.2 Å². The second-order valence-electron chi connectivity index (χ2n) is 3.04. The van der Waals surface area contributed by atoms with Crippen LogP contribution < -0.4 is 0 Å². The van der Waals surface area contributed by atoms with Gasteiger partial charge in [-0.05, 0) is 18.2 Å². The fourth-order valence-electron chi connectivity index (χ4n) is 1.48. The number of imide groups is 1. The Morgan fingerprint density at radius 1 is 1.27 bits per heavy atom. The van der Waals surface area contributed by atoms with Crippen molar-refractivity contribution in [3.05, 3.63) is 33.8 Å². The van der Waals surface area contributed by atoms with Crippen LogP contribution in [0, 0.1) is 11.3 Å². The molecule has 0 aliphatic carbocycles. The van der Waals surface area contributed by atoms with Gasteiger partial charge >= 0.3 is 0 Å². The van der Waals surface area contributed by atoms with E-state index in [1.165, 1.54) is 0 Å². The molecule has 0 saturated carbocycles. The van der Waals surface area contributed by atoms with Crippen LogP contribution in [0.5, 0.6) is 0 Å². The highest BCUT2D eigenvalue weighted by atomic mass is 79.9. The summed E-state index contributed by atoms with van der Waals surface area (Å²) in [6.45, 7) is -0.204. The quantitative estimate of drug-likeness (QED) is 0.572. The second kappa shape index (κ2) is 3.48. The lowest BCUT2D eigenvalue weighted by molar-refractivity contribution is 0.0674. The van der Waals surface area contributed by atoms with Gasteiger partial charge in [-0.2, -0.15) is 5.26 Å². The second-order valence-corrected chi connectivity index (χ2v) is 3.96. The van der Waals surface area contributed by atoms with E-state index in [2.05, 4.69) is 15.9 Å². The molecule has 74 valence electrons. The first-order chi connectivity index (χ1) is 7.15. The third-order valence-corrected chi connectivity index (χ3v) is 2.65. The first-order valence-corrected chi connectivity index (χ1v) is 4.97. The van der Waals surface area contributed by atoms with Crippen molar-refractivity contribution in [2.45, 2.75) is 0 Å². The van der Waals surface area contributed by atoms with E-state index in [-0.39, 0.29) is 6.54 Å². The Labute approximate surface area is 94.2 Å². The van der Waals surface area contributed by atoms with E-state index in [0.29, 0.717) is 11.1 Å². The van der Waals surface area contributed by atoms with Crippen molar-refractivity contribution < 1.29 is 9.59 Å². The molecular formula is C10H5BrN2O2. The lowest BCUT2D eigenvalue weighted by atomic mass is 10.1. The lowest BCUT2D eigenvalue weighted by Gasteiger charge is -2.06.